The zero-order valence-corrected chi connectivity index (χ0v) is 12.8. The lowest BCUT2D eigenvalue weighted by Crippen LogP contribution is -2.02. The van der Waals surface area contributed by atoms with E-state index in [1.54, 1.807) is 12.1 Å². The largest absolute Gasteiger partial charge is 0.497 e. The standard InChI is InChI=1S/C17H19ClFNO/c1-21-16-8-7-14(17(19)11-16)12-20-15-6-2-4-13(10-15)5-3-9-18/h2,4,6-8,10-11,20H,3,5,9,12H2,1H3. The fraction of sp³-hybridized carbons (Fsp3) is 0.294. The molecule has 0 saturated carbocycles. The molecule has 0 bridgehead atoms. The Bertz CT molecular complexity index is 589. The van der Waals surface area contributed by atoms with Crippen LogP contribution in [0.2, 0.25) is 0 Å². The molecular formula is C17H19ClFNO. The van der Waals surface area contributed by atoms with Gasteiger partial charge < -0.3 is 10.1 Å². The second-order valence-corrected chi connectivity index (χ2v) is 5.18. The Morgan fingerprint density at radius 1 is 1.19 bits per heavy atom. The van der Waals surface area contributed by atoms with E-state index >= 15 is 0 Å². The van der Waals surface area contributed by atoms with Gasteiger partial charge in [-0.3, -0.25) is 0 Å². The van der Waals surface area contributed by atoms with Gasteiger partial charge in [0, 0.05) is 29.7 Å². The van der Waals surface area contributed by atoms with Gasteiger partial charge >= 0.3 is 0 Å². The minimum Gasteiger partial charge on any atom is -0.497 e. The maximum atomic E-state index is 13.9. The van der Waals surface area contributed by atoms with Gasteiger partial charge in [-0.05, 0) is 36.6 Å². The lowest BCUT2D eigenvalue weighted by molar-refractivity contribution is 0.411. The number of anilines is 1. The third kappa shape index (κ3) is 4.64. The Labute approximate surface area is 129 Å². The molecular weight excluding hydrogens is 289 g/mol. The zero-order chi connectivity index (χ0) is 15.1. The van der Waals surface area contributed by atoms with Crippen molar-refractivity contribution in [2.75, 3.05) is 18.3 Å². The number of alkyl halides is 1. The van der Waals surface area contributed by atoms with Crippen LogP contribution in [0, 0.1) is 5.82 Å². The predicted molar refractivity (Wildman–Crippen MR) is 85.8 cm³/mol. The van der Waals surface area contributed by atoms with Gasteiger partial charge in [0.05, 0.1) is 7.11 Å². The average molecular weight is 308 g/mol. The predicted octanol–water partition coefficient (Wildman–Crippen LogP) is 4.62. The number of halogens is 2. The molecule has 0 radical (unpaired) electrons. The number of methoxy groups -OCH3 is 1. The minimum atomic E-state index is -0.264. The Hall–Kier alpha value is -1.74. The summed E-state index contributed by atoms with van der Waals surface area (Å²) in [5.74, 6) is 0.925. The SMILES string of the molecule is COc1ccc(CNc2cccc(CCCCl)c2)c(F)c1. The van der Waals surface area contributed by atoms with E-state index < -0.39 is 0 Å². The van der Waals surface area contributed by atoms with Crippen molar-refractivity contribution in [1.82, 2.24) is 0 Å². The Morgan fingerprint density at radius 3 is 2.76 bits per heavy atom. The number of aryl methyl sites for hydroxylation is 1. The van der Waals surface area contributed by atoms with Crippen LogP contribution in [0.1, 0.15) is 17.5 Å². The topological polar surface area (TPSA) is 21.3 Å². The van der Waals surface area contributed by atoms with Crippen LogP contribution < -0.4 is 10.1 Å². The maximum absolute atomic E-state index is 13.9. The molecule has 0 saturated heterocycles. The Morgan fingerprint density at radius 2 is 2.05 bits per heavy atom. The molecule has 21 heavy (non-hydrogen) atoms. The summed E-state index contributed by atoms with van der Waals surface area (Å²) in [5, 5.41) is 3.24. The quantitative estimate of drug-likeness (QED) is 0.754. The van der Waals surface area contributed by atoms with E-state index in [0.717, 1.165) is 18.5 Å². The van der Waals surface area contributed by atoms with E-state index in [1.165, 1.54) is 18.7 Å². The molecule has 0 amide bonds. The molecule has 2 aromatic carbocycles. The number of hydrogen-bond acceptors (Lipinski definition) is 2. The van der Waals surface area contributed by atoms with Crippen molar-refractivity contribution in [3.05, 3.63) is 59.4 Å². The fourth-order valence-corrected chi connectivity index (χ4v) is 2.24. The third-order valence-electron chi connectivity index (χ3n) is 3.27. The molecule has 2 aromatic rings. The van der Waals surface area contributed by atoms with E-state index in [-0.39, 0.29) is 5.82 Å². The van der Waals surface area contributed by atoms with Crippen LogP contribution in [0.25, 0.3) is 0 Å². The highest BCUT2D eigenvalue weighted by Gasteiger charge is 2.04. The first kappa shape index (κ1) is 15.6. The van der Waals surface area contributed by atoms with Gasteiger partial charge in [-0.15, -0.1) is 11.6 Å². The number of nitrogens with one attached hydrogen (secondary N) is 1. The van der Waals surface area contributed by atoms with Crippen molar-refractivity contribution in [2.45, 2.75) is 19.4 Å². The highest BCUT2D eigenvalue weighted by molar-refractivity contribution is 6.17. The third-order valence-corrected chi connectivity index (χ3v) is 3.54. The van der Waals surface area contributed by atoms with Crippen molar-refractivity contribution >= 4 is 17.3 Å². The van der Waals surface area contributed by atoms with Crippen molar-refractivity contribution in [1.29, 1.82) is 0 Å². The van der Waals surface area contributed by atoms with Crippen LogP contribution in [-0.2, 0) is 13.0 Å². The van der Waals surface area contributed by atoms with E-state index in [2.05, 4.69) is 17.4 Å². The molecule has 0 aliphatic rings. The van der Waals surface area contributed by atoms with Gasteiger partial charge in [0.2, 0.25) is 0 Å². The first-order valence-corrected chi connectivity index (χ1v) is 7.47. The first-order valence-electron chi connectivity index (χ1n) is 6.94. The lowest BCUT2D eigenvalue weighted by Gasteiger charge is -2.10. The van der Waals surface area contributed by atoms with Crippen molar-refractivity contribution in [3.8, 4) is 5.75 Å². The van der Waals surface area contributed by atoms with Gasteiger partial charge in [-0.2, -0.15) is 0 Å². The maximum Gasteiger partial charge on any atom is 0.131 e. The second kappa shape index (κ2) is 7.89. The molecule has 0 heterocycles. The summed E-state index contributed by atoms with van der Waals surface area (Å²) in [6, 6.07) is 13.0. The van der Waals surface area contributed by atoms with E-state index in [1.807, 2.05) is 12.1 Å². The van der Waals surface area contributed by atoms with Gasteiger partial charge in [-0.25, -0.2) is 4.39 Å². The summed E-state index contributed by atoms with van der Waals surface area (Å²) < 4.78 is 18.8. The van der Waals surface area contributed by atoms with Crippen LogP contribution in [0.3, 0.4) is 0 Å². The normalized spacial score (nSPS) is 10.4. The van der Waals surface area contributed by atoms with Gasteiger partial charge in [0.15, 0.2) is 0 Å². The van der Waals surface area contributed by atoms with Crippen LogP contribution in [0.5, 0.6) is 5.75 Å². The van der Waals surface area contributed by atoms with Crippen LogP contribution in [0.4, 0.5) is 10.1 Å². The van der Waals surface area contributed by atoms with E-state index in [9.17, 15) is 4.39 Å². The molecule has 0 spiro atoms. The molecule has 1 N–H and O–H groups in total. The Kier molecular flexibility index (Phi) is 5.88. The molecule has 0 unspecified atom stereocenters. The van der Waals surface area contributed by atoms with Crippen molar-refractivity contribution < 1.29 is 9.13 Å². The van der Waals surface area contributed by atoms with Crippen molar-refractivity contribution in [3.63, 3.8) is 0 Å². The Balaban J connectivity index is 1.99. The number of ether oxygens (including phenoxy) is 1. The van der Waals surface area contributed by atoms with Gasteiger partial charge in [0.25, 0.3) is 0 Å². The first-order chi connectivity index (χ1) is 10.2. The lowest BCUT2D eigenvalue weighted by atomic mass is 10.1. The highest BCUT2D eigenvalue weighted by atomic mass is 35.5. The van der Waals surface area contributed by atoms with Crippen molar-refractivity contribution in [2.24, 2.45) is 0 Å². The van der Waals surface area contributed by atoms with Gasteiger partial charge in [-0.1, -0.05) is 18.2 Å². The van der Waals surface area contributed by atoms with Gasteiger partial charge in [0.1, 0.15) is 11.6 Å². The highest BCUT2D eigenvalue weighted by Crippen LogP contribution is 2.18. The van der Waals surface area contributed by atoms with E-state index in [0.29, 0.717) is 23.7 Å². The smallest absolute Gasteiger partial charge is 0.131 e. The summed E-state index contributed by atoms with van der Waals surface area (Å²) >= 11 is 5.71. The fourth-order valence-electron chi connectivity index (χ4n) is 2.10. The molecule has 4 heteroatoms. The molecule has 0 fully saturated rings. The van der Waals surface area contributed by atoms with Crippen LogP contribution in [0.15, 0.2) is 42.5 Å². The number of benzene rings is 2. The molecule has 0 aliphatic heterocycles. The summed E-state index contributed by atoms with van der Waals surface area (Å²) in [6.45, 7) is 0.439. The monoisotopic (exact) mass is 307 g/mol. The number of hydrogen-bond donors (Lipinski definition) is 1. The summed E-state index contributed by atoms with van der Waals surface area (Å²) in [5.41, 5.74) is 2.83. The molecule has 112 valence electrons. The molecule has 0 aromatic heterocycles. The molecule has 2 nitrogen and oxygen atoms in total. The molecule has 0 aliphatic carbocycles. The summed E-state index contributed by atoms with van der Waals surface area (Å²) in [7, 11) is 1.53. The zero-order valence-electron chi connectivity index (χ0n) is 12.0. The molecule has 2 rings (SSSR count). The molecule has 0 atom stereocenters. The second-order valence-electron chi connectivity index (χ2n) is 4.80. The minimum absolute atomic E-state index is 0.264. The van der Waals surface area contributed by atoms with Crippen LogP contribution in [-0.4, -0.2) is 13.0 Å². The summed E-state index contributed by atoms with van der Waals surface area (Å²) in [4.78, 5) is 0. The van der Waals surface area contributed by atoms with E-state index in [4.69, 9.17) is 16.3 Å². The van der Waals surface area contributed by atoms with Crippen LogP contribution >= 0.6 is 11.6 Å². The average Bonchev–Trinajstić information content (AvgIpc) is 2.52. The summed E-state index contributed by atoms with van der Waals surface area (Å²) in [6.07, 6.45) is 1.91. The number of rotatable bonds is 7.